The summed E-state index contributed by atoms with van der Waals surface area (Å²) >= 11 is 0. The van der Waals surface area contributed by atoms with Gasteiger partial charge in [-0.25, -0.2) is 9.78 Å². The van der Waals surface area contributed by atoms with Crippen molar-refractivity contribution in [2.75, 3.05) is 0 Å². The molecule has 1 unspecified atom stereocenters. The summed E-state index contributed by atoms with van der Waals surface area (Å²) in [5, 5.41) is 8.69. The van der Waals surface area contributed by atoms with Crippen LogP contribution >= 0.6 is 0 Å². The predicted octanol–water partition coefficient (Wildman–Crippen LogP) is 1.74. The smallest absolute Gasteiger partial charge is 0.356 e. The molecule has 0 saturated heterocycles. The molecule has 15 heavy (non-hydrogen) atoms. The van der Waals surface area contributed by atoms with Crippen molar-refractivity contribution < 1.29 is 14.6 Å². The van der Waals surface area contributed by atoms with Crippen LogP contribution in [0.5, 0.6) is 5.88 Å². The zero-order valence-electron chi connectivity index (χ0n) is 8.80. The van der Waals surface area contributed by atoms with Gasteiger partial charge in [-0.1, -0.05) is 13.3 Å². The van der Waals surface area contributed by atoms with Crippen molar-refractivity contribution in [3.63, 3.8) is 0 Å². The first-order valence-corrected chi connectivity index (χ1v) is 4.85. The third kappa shape index (κ3) is 3.53. The minimum absolute atomic E-state index is 0.0216. The largest absolute Gasteiger partial charge is 0.476 e. The van der Waals surface area contributed by atoms with Gasteiger partial charge < -0.3 is 9.84 Å². The first-order valence-electron chi connectivity index (χ1n) is 4.85. The predicted molar refractivity (Wildman–Crippen MR) is 54.0 cm³/mol. The first-order chi connectivity index (χ1) is 7.13. The molecule has 0 aliphatic heterocycles. The van der Waals surface area contributed by atoms with E-state index in [9.17, 15) is 4.79 Å². The summed E-state index contributed by atoms with van der Waals surface area (Å²) in [4.78, 5) is 18.2. The quantitative estimate of drug-likeness (QED) is 0.801. The molecule has 5 heteroatoms. The maximum atomic E-state index is 10.6. The van der Waals surface area contributed by atoms with E-state index >= 15 is 0 Å². The van der Waals surface area contributed by atoms with E-state index in [1.165, 1.54) is 12.4 Å². The summed E-state index contributed by atoms with van der Waals surface area (Å²) < 4.78 is 5.41. The lowest BCUT2D eigenvalue weighted by Gasteiger charge is -2.12. The van der Waals surface area contributed by atoms with Gasteiger partial charge in [-0.05, 0) is 13.3 Å². The molecule has 1 atom stereocenters. The van der Waals surface area contributed by atoms with Gasteiger partial charge in [0.2, 0.25) is 5.88 Å². The topological polar surface area (TPSA) is 72.3 Å². The van der Waals surface area contributed by atoms with Gasteiger partial charge in [0, 0.05) is 0 Å². The molecule has 1 aromatic heterocycles. The maximum Gasteiger partial charge on any atom is 0.356 e. The number of ether oxygens (including phenoxy) is 1. The van der Waals surface area contributed by atoms with E-state index in [1.807, 2.05) is 6.92 Å². The van der Waals surface area contributed by atoms with E-state index < -0.39 is 5.97 Å². The lowest BCUT2D eigenvalue weighted by Crippen LogP contribution is -2.13. The summed E-state index contributed by atoms with van der Waals surface area (Å²) in [5.74, 6) is -0.841. The van der Waals surface area contributed by atoms with Crippen molar-refractivity contribution in [3.05, 3.63) is 18.1 Å². The van der Waals surface area contributed by atoms with Crippen LogP contribution in [-0.4, -0.2) is 27.1 Å². The molecule has 1 aromatic rings. The van der Waals surface area contributed by atoms with E-state index in [0.717, 1.165) is 12.8 Å². The lowest BCUT2D eigenvalue weighted by atomic mass is 10.2. The van der Waals surface area contributed by atoms with Crippen LogP contribution in [0, 0.1) is 0 Å². The molecule has 0 aliphatic carbocycles. The van der Waals surface area contributed by atoms with Crippen LogP contribution in [0.2, 0.25) is 0 Å². The van der Waals surface area contributed by atoms with Crippen LogP contribution < -0.4 is 4.74 Å². The van der Waals surface area contributed by atoms with Crippen LogP contribution in [0.4, 0.5) is 0 Å². The molecule has 0 bridgehead atoms. The van der Waals surface area contributed by atoms with Crippen molar-refractivity contribution in [1.29, 1.82) is 0 Å². The van der Waals surface area contributed by atoms with E-state index in [4.69, 9.17) is 9.84 Å². The average Bonchev–Trinajstić information content (AvgIpc) is 2.18. The molecule has 82 valence electrons. The second-order valence-electron chi connectivity index (χ2n) is 3.26. The fourth-order valence-electron chi connectivity index (χ4n) is 1.18. The highest BCUT2D eigenvalue weighted by Crippen LogP contribution is 2.10. The fourth-order valence-corrected chi connectivity index (χ4v) is 1.18. The van der Waals surface area contributed by atoms with Gasteiger partial charge in [-0.15, -0.1) is 0 Å². The van der Waals surface area contributed by atoms with E-state index in [2.05, 4.69) is 16.9 Å². The monoisotopic (exact) mass is 210 g/mol. The number of hydrogen-bond donors (Lipinski definition) is 1. The van der Waals surface area contributed by atoms with Gasteiger partial charge in [0.25, 0.3) is 0 Å². The Morgan fingerprint density at radius 1 is 1.60 bits per heavy atom. The normalized spacial score (nSPS) is 12.1. The van der Waals surface area contributed by atoms with Crippen LogP contribution in [0.15, 0.2) is 12.4 Å². The van der Waals surface area contributed by atoms with Gasteiger partial charge >= 0.3 is 5.97 Å². The number of aromatic nitrogens is 2. The number of hydrogen-bond acceptors (Lipinski definition) is 4. The molecular weight excluding hydrogens is 196 g/mol. The molecule has 1 N–H and O–H groups in total. The molecule has 0 aromatic carbocycles. The number of rotatable bonds is 5. The fraction of sp³-hybridized carbons (Fsp3) is 0.500. The molecule has 0 fully saturated rings. The van der Waals surface area contributed by atoms with Crippen molar-refractivity contribution >= 4 is 5.97 Å². The minimum Gasteiger partial charge on any atom is -0.476 e. The average molecular weight is 210 g/mol. The molecule has 1 heterocycles. The zero-order valence-corrected chi connectivity index (χ0v) is 8.80. The van der Waals surface area contributed by atoms with Crippen molar-refractivity contribution in [2.45, 2.75) is 32.8 Å². The Labute approximate surface area is 88.1 Å². The highest BCUT2D eigenvalue weighted by atomic mass is 16.5. The van der Waals surface area contributed by atoms with E-state index in [1.54, 1.807) is 0 Å². The number of nitrogens with zero attached hydrogens (tertiary/aromatic N) is 2. The molecule has 0 aliphatic rings. The molecule has 0 saturated carbocycles. The second kappa shape index (κ2) is 5.29. The van der Waals surface area contributed by atoms with Crippen molar-refractivity contribution in [2.24, 2.45) is 0 Å². The summed E-state index contributed by atoms with van der Waals surface area (Å²) in [6.45, 7) is 3.97. The molecule has 0 amide bonds. The molecular formula is C10H14N2O3. The van der Waals surface area contributed by atoms with E-state index in [-0.39, 0.29) is 17.7 Å². The summed E-state index contributed by atoms with van der Waals surface area (Å²) in [5.41, 5.74) is -0.101. The highest BCUT2D eigenvalue weighted by Gasteiger charge is 2.09. The molecule has 1 rings (SSSR count). The zero-order chi connectivity index (χ0) is 11.3. The number of carboxylic acid groups (broad SMARTS) is 1. The van der Waals surface area contributed by atoms with Gasteiger partial charge in [0.05, 0.1) is 18.5 Å². The van der Waals surface area contributed by atoms with Crippen LogP contribution in [-0.2, 0) is 0 Å². The summed E-state index contributed by atoms with van der Waals surface area (Å²) in [7, 11) is 0. The number of carboxylic acids is 1. The van der Waals surface area contributed by atoms with Gasteiger partial charge in [-0.2, -0.15) is 0 Å². The van der Waals surface area contributed by atoms with E-state index in [0.29, 0.717) is 0 Å². The second-order valence-corrected chi connectivity index (χ2v) is 3.26. The Balaban J connectivity index is 2.69. The highest BCUT2D eigenvalue weighted by molar-refractivity contribution is 5.84. The third-order valence-corrected chi connectivity index (χ3v) is 1.85. The number of carbonyl (C=O) groups is 1. The minimum atomic E-state index is -1.10. The Kier molecular flexibility index (Phi) is 4.03. The van der Waals surface area contributed by atoms with Gasteiger partial charge in [-0.3, -0.25) is 4.98 Å². The SMILES string of the molecule is CCCC(C)Oc1cncc(C(=O)O)n1. The van der Waals surface area contributed by atoms with Gasteiger partial charge in [0.15, 0.2) is 5.69 Å². The van der Waals surface area contributed by atoms with Gasteiger partial charge in [0.1, 0.15) is 0 Å². The van der Waals surface area contributed by atoms with Crippen LogP contribution in [0.1, 0.15) is 37.2 Å². The summed E-state index contributed by atoms with van der Waals surface area (Å²) in [6.07, 6.45) is 4.54. The van der Waals surface area contributed by atoms with Crippen molar-refractivity contribution in [3.8, 4) is 5.88 Å². The number of aromatic carboxylic acids is 1. The third-order valence-electron chi connectivity index (χ3n) is 1.85. The standard InChI is InChI=1S/C10H14N2O3/c1-3-4-7(2)15-9-6-11-5-8(12-9)10(13)14/h5-7H,3-4H2,1-2H3,(H,13,14). The summed E-state index contributed by atoms with van der Waals surface area (Å²) in [6, 6.07) is 0. The lowest BCUT2D eigenvalue weighted by molar-refractivity contribution is 0.0687. The van der Waals surface area contributed by atoms with Crippen LogP contribution in [0.3, 0.4) is 0 Å². The molecule has 0 radical (unpaired) electrons. The molecule has 5 nitrogen and oxygen atoms in total. The Hall–Kier alpha value is -1.65. The molecule has 0 spiro atoms. The Morgan fingerprint density at radius 2 is 2.33 bits per heavy atom. The Bertz CT molecular complexity index is 341. The van der Waals surface area contributed by atoms with Crippen molar-refractivity contribution in [1.82, 2.24) is 9.97 Å². The Morgan fingerprint density at radius 3 is 2.93 bits per heavy atom. The maximum absolute atomic E-state index is 10.6. The van der Waals surface area contributed by atoms with Crippen LogP contribution in [0.25, 0.3) is 0 Å². The first kappa shape index (κ1) is 11.4.